The summed E-state index contributed by atoms with van der Waals surface area (Å²) < 4.78 is 12.9. The van der Waals surface area contributed by atoms with Crippen molar-refractivity contribution in [3.05, 3.63) is 77.6 Å². The summed E-state index contributed by atoms with van der Waals surface area (Å²) in [5.74, 6) is 2.36. The van der Waals surface area contributed by atoms with Crippen molar-refractivity contribution in [1.29, 1.82) is 0 Å². The second-order valence-electron chi connectivity index (χ2n) is 8.18. The smallest absolute Gasteiger partial charge is 0.231 e. The van der Waals surface area contributed by atoms with Gasteiger partial charge in [0, 0.05) is 12.0 Å². The number of rotatable bonds is 7. The molecule has 0 aliphatic carbocycles. The standard InChI is InChI=1S/C25H26N4O2/c1-28(2)14-4-5-18-8-10-19(11-9-18)15-24-26-25-7-3-6-21(29(25)27-24)20-12-13-22-23(16-20)31-17-30-22/h3,6-13,16H,4-5,14-15,17H2,1-2H3. The third-order valence-electron chi connectivity index (χ3n) is 5.53. The average Bonchev–Trinajstić information content (AvgIpc) is 3.40. The van der Waals surface area contributed by atoms with Gasteiger partial charge in [0.05, 0.1) is 5.69 Å². The number of hydrogen-bond donors (Lipinski definition) is 0. The van der Waals surface area contributed by atoms with Gasteiger partial charge in [-0.15, -0.1) is 0 Å². The van der Waals surface area contributed by atoms with Crippen LogP contribution in [0.1, 0.15) is 23.4 Å². The van der Waals surface area contributed by atoms with E-state index in [1.54, 1.807) is 0 Å². The van der Waals surface area contributed by atoms with Crippen LogP contribution in [0.25, 0.3) is 16.9 Å². The molecule has 2 aromatic heterocycles. The molecule has 0 unspecified atom stereocenters. The second kappa shape index (κ2) is 8.40. The summed E-state index contributed by atoms with van der Waals surface area (Å²) in [6.45, 7) is 1.38. The summed E-state index contributed by atoms with van der Waals surface area (Å²) in [4.78, 5) is 6.97. The van der Waals surface area contributed by atoms with Crippen LogP contribution in [-0.2, 0) is 12.8 Å². The number of nitrogens with zero attached hydrogens (tertiary/aromatic N) is 4. The van der Waals surface area contributed by atoms with E-state index in [9.17, 15) is 0 Å². The lowest BCUT2D eigenvalue weighted by Gasteiger charge is -2.09. The summed E-state index contributed by atoms with van der Waals surface area (Å²) in [6.07, 6.45) is 2.98. The summed E-state index contributed by atoms with van der Waals surface area (Å²) >= 11 is 0. The molecular formula is C25H26N4O2. The largest absolute Gasteiger partial charge is 0.454 e. The minimum absolute atomic E-state index is 0.269. The number of hydrogen-bond acceptors (Lipinski definition) is 5. The fraction of sp³-hybridized carbons (Fsp3) is 0.280. The van der Waals surface area contributed by atoms with Crippen molar-refractivity contribution < 1.29 is 9.47 Å². The molecule has 0 spiro atoms. The normalized spacial score (nSPS) is 12.7. The Bertz CT molecular complexity index is 1200. The molecule has 6 heteroatoms. The first kappa shape index (κ1) is 19.6. The molecule has 0 amide bonds. The van der Waals surface area contributed by atoms with Crippen molar-refractivity contribution >= 4 is 5.65 Å². The first-order chi connectivity index (χ1) is 15.2. The van der Waals surface area contributed by atoms with Gasteiger partial charge >= 0.3 is 0 Å². The molecule has 0 fully saturated rings. The number of aryl methyl sites for hydroxylation is 1. The van der Waals surface area contributed by atoms with Crippen LogP contribution >= 0.6 is 0 Å². The Balaban J connectivity index is 1.35. The Labute approximate surface area is 182 Å². The third kappa shape index (κ3) is 4.25. The number of fused-ring (bicyclic) bond motifs is 2. The van der Waals surface area contributed by atoms with Crippen LogP contribution in [0, 0.1) is 0 Å². The highest BCUT2D eigenvalue weighted by molar-refractivity contribution is 5.67. The van der Waals surface area contributed by atoms with Gasteiger partial charge in [-0.25, -0.2) is 9.50 Å². The van der Waals surface area contributed by atoms with Gasteiger partial charge in [-0.1, -0.05) is 30.3 Å². The minimum Gasteiger partial charge on any atom is -0.454 e. The topological polar surface area (TPSA) is 51.9 Å². The molecule has 0 radical (unpaired) electrons. The molecule has 3 heterocycles. The molecule has 0 bridgehead atoms. The average molecular weight is 415 g/mol. The predicted molar refractivity (Wildman–Crippen MR) is 121 cm³/mol. The molecule has 0 atom stereocenters. The summed E-state index contributed by atoms with van der Waals surface area (Å²) in [5.41, 5.74) is 5.43. The highest BCUT2D eigenvalue weighted by Crippen LogP contribution is 2.35. The van der Waals surface area contributed by atoms with E-state index >= 15 is 0 Å². The predicted octanol–water partition coefficient (Wildman–Crippen LogP) is 4.21. The fourth-order valence-electron chi connectivity index (χ4n) is 3.90. The molecule has 1 aliphatic rings. The van der Waals surface area contributed by atoms with Gasteiger partial charge in [0.15, 0.2) is 23.0 Å². The van der Waals surface area contributed by atoms with Crippen molar-refractivity contribution in [2.45, 2.75) is 19.3 Å². The fourth-order valence-corrected chi connectivity index (χ4v) is 3.90. The summed E-state index contributed by atoms with van der Waals surface area (Å²) in [7, 11) is 4.23. The highest BCUT2D eigenvalue weighted by atomic mass is 16.7. The Kier molecular flexibility index (Phi) is 5.30. The van der Waals surface area contributed by atoms with Crippen LogP contribution in [0.2, 0.25) is 0 Å². The van der Waals surface area contributed by atoms with Gasteiger partial charge in [-0.2, -0.15) is 5.10 Å². The zero-order valence-corrected chi connectivity index (χ0v) is 17.9. The molecule has 4 aromatic rings. The van der Waals surface area contributed by atoms with E-state index in [2.05, 4.69) is 43.3 Å². The molecule has 0 N–H and O–H groups in total. The third-order valence-corrected chi connectivity index (χ3v) is 5.53. The quantitative estimate of drug-likeness (QED) is 0.453. The molecule has 31 heavy (non-hydrogen) atoms. The Hall–Kier alpha value is -3.38. The van der Waals surface area contributed by atoms with Crippen LogP contribution in [0.15, 0.2) is 60.7 Å². The van der Waals surface area contributed by atoms with E-state index in [1.807, 2.05) is 40.9 Å². The Morgan fingerprint density at radius 3 is 2.58 bits per heavy atom. The number of aromatic nitrogens is 3. The molecule has 6 nitrogen and oxygen atoms in total. The van der Waals surface area contributed by atoms with E-state index < -0.39 is 0 Å². The first-order valence-corrected chi connectivity index (χ1v) is 10.6. The van der Waals surface area contributed by atoms with Gasteiger partial charge in [-0.05, 0) is 74.9 Å². The zero-order chi connectivity index (χ0) is 21.2. The van der Waals surface area contributed by atoms with E-state index in [0.29, 0.717) is 6.42 Å². The van der Waals surface area contributed by atoms with Crippen molar-refractivity contribution in [3.63, 3.8) is 0 Å². The van der Waals surface area contributed by atoms with Crippen LogP contribution in [-0.4, -0.2) is 46.9 Å². The lowest BCUT2D eigenvalue weighted by atomic mass is 10.1. The molecule has 1 aliphatic heterocycles. The van der Waals surface area contributed by atoms with Crippen molar-refractivity contribution in [1.82, 2.24) is 19.5 Å². The number of benzene rings is 2. The Morgan fingerprint density at radius 1 is 0.935 bits per heavy atom. The van der Waals surface area contributed by atoms with E-state index in [0.717, 1.165) is 47.2 Å². The van der Waals surface area contributed by atoms with Crippen molar-refractivity contribution in [3.8, 4) is 22.8 Å². The maximum atomic E-state index is 5.53. The maximum absolute atomic E-state index is 5.53. The second-order valence-corrected chi connectivity index (χ2v) is 8.18. The van der Waals surface area contributed by atoms with Crippen molar-refractivity contribution in [2.24, 2.45) is 0 Å². The number of ether oxygens (including phenoxy) is 2. The lowest BCUT2D eigenvalue weighted by Crippen LogP contribution is -2.13. The highest BCUT2D eigenvalue weighted by Gasteiger charge is 2.16. The van der Waals surface area contributed by atoms with E-state index in [1.165, 1.54) is 17.5 Å². The first-order valence-electron chi connectivity index (χ1n) is 10.6. The summed E-state index contributed by atoms with van der Waals surface area (Å²) in [6, 6.07) is 20.8. The SMILES string of the molecule is CN(C)CCCc1ccc(Cc2nc3cccc(-c4ccc5c(c4)OCO5)n3n2)cc1. The molecule has 2 aromatic carbocycles. The van der Waals surface area contributed by atoms with Gasteiger partial charge in [0.25, 0.3) is 0 Å². The van der Waals surface area contributed by atoms with Gasteiger partial charge in [0.2, 0.25) is 6.79 Å². The molecule has 0 saturated heterocycles. The van der Waals surface area contributed by atoms with Crippen molar-refractivity contribution in [2.75, 3.05) is 27.4 Å². The molecule has 0 saturated carbocycles. The van der Waals surface area contributed by atoms with Gasteiger partial charge < -0.3 is 14.4 Å². The summed E-state index contributed by atoms with van der Waals surface area (Å²) in [5, 5.41) is 4.80. The maximum Gasteiger partial charge on any atom is 0.231 e. The van der Waals surface area contributed by atoms with Crippen LogP contribution in [0.4, 0.5) is 0 Å². The van der Waals surface area contributed by atoms with Crippen LogP contribution in [0.5, 0.6) is 11.5 Å². The lowest BCUT2D eigenvalue weighted by molar-refractivity contribution is 0.174. The molecular weight excluding hydrogens is 388 g/mol. The minimum atomic E-state index is 0.269. The zero-order valence-electron chi connectivity index (χ0n) is 17.9. The van der Waals surface area contributed by atoms with Gasteiger partial charge in [-0.3, -0.25) is 0 Å². The Morgan fingerprint density at radius 2 is 1.74 bits per heavy atom. The monoisotopic (exact) mass is 414 g/mol. The van der Waals surface area contributed by atoms with Crippen LogP contribution < -0.4 is 9.47 Å². The molecule has 158 valence electrons. The van der Waals surface area contributed by atoms with Crippen LogP contribution in [0.3, 0.4) is 0 Å². The van der Waals surface area contributed by atoms with Gasteiger partial charge in [0.1, 0.15) is 0 Å². The van der Waals surface area contributed by atoms with E-state index in [-0.39, 0.29) is 6.79 Å². The van der Waals surface area contributed by atoms with E-state index in [4.69, 9.17) is 19.6 Å². The molecule has 5 rings (SSSR count). The number of pyridine rings is 1.